The van der Waals surface area contributed by atoms with Gasteiger partial charge in [0.25, 0.3) is 0 Å². The van der Waals surface area contributed by atoms with E-state index in [0.29, 0.717) is 17.0 Å². The van der Waals surface area contributed by atoms with Crippen LogP contribution in [0.5, 0.6) is 0 Å². The van der Waals surface area contributed by atoms with Gasteiger partial charge in [0.2, 0.25) is 5.95 Å². The maximum Gasteiger partial charge on any atom is 0.229 e. The van der Waals surface area contributed by atoms with Crippen LogP contribution in [0.1, 0.15) is 17.7 Å². The van der Waals surface area contributed by atoms with E-state index in [4.69, 9.17) is 4.98 Å². The van der Waals surface area contributed by atoms with Crippen LogP contribution in [0, 0.1) is 11.7 Å². The van der Waals surface area contributed by atoms with Crippen LogP contribution in [0.2, 0.25) is 0 Å². The summed E-state index contributed by atoms with van der Waals surface area (Å²) in [5, 5.41) is 14.7. The van der Waals surface area contributed by atoms with E-state index in [1.807, 2.05) is 6.20 Å². The van der Waals surface area contributed by atoms with Gasteiger partial charge in [0.05, 0.1) is 29.8 Å². The van der Waals surface area contributed by atoms with Crippen LogP contribution in [0.15, 0.2) is 18.6 Å². The third-order valence-corrected chi connectivity index (χ3v) is 6.30. The molecule has 0 aromatic carbocycles. The number of anilines is 3. The SMILES string of the molecule is Fc1cnc(Nc2nc3c(s2)CCN(CC2CCNCC2)c2[nH]ncc2-3)nc1. The summed E-state index contributed by atoms with van der Waals surface area (Å²) in [4.78, 5) is 16.3. The standard InChI is InChI=1S/C18H21FN8S/c19-12-7-21-17(22-8-12)25-18-24-15-13-9-23-26-16(13)27(6-3-14(15)28-18)10-11-1-4-20-5-2-11/h7-9,11,20H,1-6,10H2,(H,23,26)(H,21,22,24,25). The zero-order chi connectivity index (χ0) is 18.9. The molecule has 8 nitrogen and oxygen atoms in total. The average Bonchev–Trinajstić information content (AvgIpc) is 3.32. The topological polar surface area (TPSA) is 94.7 Å². The Morgan fingerprint density at radius 1 is 1.21 bits per heavy atom. The van der Waals surface area contributed by atoms with Gasteiger partial charge in [-0.25, -0.2) is 19.3 Å². The molecule has 1 saturated heterocycles. The molecule has 3 N–H and O–H groups in total. The number of hydrogen-bond donors (Lipinski definition) is 3. The molecule has 28 heavy (non-hydrogen) atoms. The van der Waals surface area contributed by atoms with Gasteiger partial charge in [-0.2, -0.15) is 5.10 Å². The molecule has 2 aliphatic rings. The van der Waals surface area contributed by atoms with Gasteiger partial charge in [0, 0.05) is 24.4 Å². The third kappa shape index (κ3) is 3.45. The molecule has 10 heteroatoms. The number of aromatic nitrogens is 5. The van der Waals surface area contributed by atoms with E-state index >= 15 is 0 Å². The molecular weight excluding hydrogens is 379 g/mol. The van der Waals surface area contributed by atoms with Crippen LogP contribution in [0.4, 0.5) is 21.3 Å². The molecule has 1 fully saturated rings. The van der Waals surface area contributed by atoms with E-state index in [9.17, 15) is 4.39 Å². The molecule has 0 saturated carbocycles. The van der Waals surface area contributed by atoms with E-state index in [-0.39, 0.29) is 0 Å². The molecule has 0 atom stereocenters. The fourth-order valence-corrected chi connectivity index (χ4v) is 4.82. The molecule has 3 aromatic rings. The molecule has 0 spiro atoms. The van der Waals surface area contributed by atoms with Crippen LogP contribution in [-0.2, 0) is 6.42 Å². The molecule has 0 aliphatic carbocycles. The van der Waals surface area contributed by atoms with E-state index < -0.39 is 5.82 Å². The molecule has 2 aliphatic heterocycles. The second-order valence-corrected chi connectivity index (χ2v) is 8.25. The van der Waals surface area contributed by atoms with Gasteiger partial charge in [-0.15, -0.1) is 11.3 Å². The van der Waals surface area contributed by atoms with Crippen LogP contribution >= 0.6 is 11.3 Å². The predicted molar refractivity (Wildman–Crippen MR) is 106 cm³/mol. The van der Waals surface area contributed by atoms with Crippen molar-refractivity contribution in [2.24, 2.45) is 5.92 Å². The van der Waals surface area contributed by atoms with Crippen LogP contribution < -0.4 is 15.5 Å². The van der Waals surface area contributed by atoms with Crippen LogP contribution in [0.25, 0.3) is 11.3 Å². The second kappa shape index (κ2) is 7.44. The summed E-state index contributed by atoms with van der Waals surface area (Å²) < 4.78 is 13.0. The summed E-state index contributed by atoms with van der Waals surface area (Å²) in [7, 11) is 0. The summed E-state index contributed by atoms with van der Waals surface area (Å²) in [5.41, 5.74) is 1.98. The van der Waals surface area contributed by atoms with Crippen molar-refractivity contribution in [3.05, 3.63) is 29.3 Å². The molecule has 5 heterocycles. The molecular formula is C18H21FN8S. The number of hydrogen-bond acceptors (Lipinski definition) is 8. The summed E-state index contributed by atoms with van der Waals surface area (Å²) in [6.07, 6.45) is 7.48. The minimum atomic E-state index is -0.461. The first kappa shape index (κ1) is 17.5. The van der Waals surface area contributed by atoms with Crippen molar-refractivity contribution < 1.29 is 4.39 Å². The minimum Gasteiger partial charge on any atom is -0.356 e. The lowest BCUT2D eigenvalue weighted by Crippen LogP contribution is -2.37. The van der Waals surface area contributed by atoms with Gasteiger partial charge >= 0.3 is 0 Å². The van der Waals surface area contributed by atoms with Crippen molar-refractivity contribution >= 4 is 28.2 Å². The van der Waals surface area contributed by atoms with Crippen LogP contribution in [0.3, 0.4) is 0 Å². The first-order valence-electron chi connectivity index (χ1n) is 9.50. The third-order valence-electron chi connectivity index (χ3n) is 5.27. The lowest BCUT2D eigenvalue weighted by molar-refractivity contribution is 0.373. The van der Waals surface area contributed by atoms with Gasteiger partial charge in [0.1, 0.15) is 5.82 Å². The second-order valence-electron chi connectivity index (χ2n) is 7.16. The lowest BCUT2D eigenvalue weighted by atomic mass is 9.97. The van der Waals surface area contributed by atoms with Crippen molar-refractivity contribution in [3.63, 3.8) is 0 Å². The van der Waals surface area contributed by atoms with Gasteiger partial charge in [-0.1, -0.05) is 0 Å². The normalized spacial score (nSPS) is 17.1. The molecule has 0 amide bonds. The summed E-state index contributed by atoms with van der Waals surface area (Å²) in [6.45, 7) is 4.18. The van der Waals surface area contributed by atoms with Crippen molar-refractivity contribution in [1.29, 1.82) is 0 Å². The minimum absolute atomic E-state index is 0.338. The number of H-pyrrole nitrogens is 1. The Bertz CT molecular complexity index is 947. The van der Waals surface area contributed by atoms with Crippen molar-refractivity contribution in [1.82, 2.24) is 30.5 Å². The monoisotopic (exact) mass is 400 g/mol. The summed E-state index contributed by atoms with van der Waals surface area (Å²) in [5.74, 6) is 1.63. The van der Waals surface area contributed by atoms with Crippen molar-refractivity contribution in [3.8, 4) is 11.3 Å². The Balaban J connectivity index is 1.39. The van der Waals surface area contributed by atoms with Gasteiger partial charge < -0.3 is 15.5 Å². The van der Waals surface area contributed by atoms with E-state index in [0.717, 1.165) is 62.1 Å². The quantitative estimate of drug-likeness (QED) is 0.620. The first-order valence-corrected chi connectivity index (χ1v) is 10.3. The number of nitrogens with one attached hydrogen (secondary N) is 3. The Morgan fingerprint density at radius 2 is 2.04 bits per heavy atom. The Labute approximate surface area is 165 Å². The largest absolute Gasteiger partial charge is 0.356 e. The van der Waals surface area contributed by atoms with E-state index in [2.05, 4.69) is 35.7 Å². The van der Waals surface area contributed by atoms with Crippen LogP contribution in [-0.4, -0.2) is 51.3 Å². The molecule has 0 unspecified atom stereocenters. The van der Waals surface area contributed by atoms with Crippen molar-refractivity contribution in [2.45, 2.75) is 19.3 Å². The number of nitrogens with zero attached hydrogens (tertiary/aromatic N) is 5. The van der Waals surface area contributed by atoms with Gasteiger partial charge in [0.15, 0.2) is 10.9 Å². The number of thiazole rings is 1. The maximum atomic E-state index is 13.0. The zero-order valence-corrected chi connectivity index (χ0v) is 16.1. The smallest absolute Gasteiger partial charge is 0.229 e. The fraction of sp³-hybridized carbons (Fsp3) is 0.444. The van der Waals surface area contributed by atoms with E-state index in [1.165, 1.54) is 17.7 Å². The average molecular weight is 400 g/mol. The molecule has 0 bridgehead atoms. The Hall–Kier alpha value is -2.59. The van der Waals surface area contributed by atoms with E-state index in [1.54, 1.807) is 11.3 Å². The van der Waals surface area contributed by atoms with Crippen molar-refractivity contribution in [2.75, 3.05) is 36.4 Å². The summed E-state index contributed by atoms with van der Waals surface area (Å²) in [6, 6.07) is 0. The molecule has 3 aromatic heterocycles. The molecule has 146 valence electrons. The number of aromatic amines is 1. The highest BCUT2D eigenvalue weighted by atomic mass is 32.1. The van der Waals surface area contributed by atoms with Gasteiger partial charge in [-0.3, -0.25) is 5.10 Å². The highest BCUT2D eigenvalue weighted by Crippen LogP contribution is 2.39. The number of piperidine rings is 1. The number of halogens is 1. The maximum absolute atomic E-state index is 13.0. The predicted octanol–water partition coefficient (Wildman–Crippen LogP) is 2.57. The fourth-order valence-electron chi connectivity index (χ4n) is 3.86. The number of rotatable bonds is 4. The molecule has 0 radical (unpaired) electrons. The lowest BCUT2D eigenvalue weighted by Gasteiger charge is -2.30. The van der Waals surface area contributed by atoms with Gasteiger partial charge in [-0.05, 0) is 31.8 Å². The highest BCUT2D eigenvalue weighted by molar-refractivity contribution is 7.16. The Kier molecular flexibility index (Phi) is 4.65. The Morgan fingerprint density at radius 3 is 2.86 bits per heavy atom. The molecule has 5 rings (SSSR count). The highest BCUT2D eigenvalue weighted by Gasteiger charge is 2.27. The number of fused-ring (bicyclic) bond motifs is 3. The zero-order valence-electron chi connectivity index (χ0n) is 15.3. The summed E-state index contributed by atoms with van der Waals surface area (Å²) >= 11 is 1.59. The first-order chi connectivity index (χ1) is 13.8.